The molecule has 2 heterocycles. The number of carbonyl (C=O) groups is 1. The van der Waals surface area contributed by atoms with Crippen molar-refractivity contribution in [2.24, 2.45) is 5.84 Å². The van der Waals surface area contributed by atoms with Crippen molar-refractivity contribution >= 4 is 11.7 Å². The molecular formula is C14H23N5O. The Hall–Kier alpha value is -1.66. The minimum atomic E-state index is -0.0705. The zero-order valence-corrected chi connectivity index (χ0v) is 12.1. The third kappa shape index (κ3) is 3.46. The van der Waals surface area contributed by atoms with Gasteiger partial charge >= 0.3 is 0 Å². The number of aromatic nitrogens is 1. The summed E-state index contributed by atoms with van der Waals surface area (Å²) in [5, 5.41) is 3.00. The van der Waals surface area contributed by atoms with Gasteiger partial charge < -0.3 is 15.6 Å². The lowest BCUT2D eigenvalue weighted by Crippen LogP contribution is -2.38. The van der Waals surface area contributed by atoms with Gasteiger partial charge in [-0.05, 0) is 45.0 Å². The molecule has 1 unspecified atom stereocenters. The number of likely N-dealkylation sites (N-methyl/N-ethyl adjacent to an activating group) is 1. The molecule has 4 N–H and O–H groups in total. The summed E-state index contributed by atoms with van der Waals surface area (Å²) in [6.45, 7) is 3.79. The lowest BCUT2D eigenvalue weighted by Gasteiger charge is -2.19. The van der Waals surface area contributed by atoms with E-state index in [1.807, 2.05) is 13.0 Å². The van der Waals surface area contributed by atoms with E-state index in [9.17, 15) is 4.79 Å². The third-order valence-electron chi connectivity index (χ3n) is 3.82. The van der Waals surface area contributed by atoms with Gasteiger partial charge in [0.25, 0.3) is 5.91 Å². The molecule has 6 nitrogen and oxygen atoms in total. The molecule has 1 fully saturated rings. The number of hydrogen-bond donors (Lipinski definition) is 3. The number of carbonyl (C=O) groups excluding carboxylic acids is 1. The van der Waals surface area contributed by atoms with Crippen LogP contribution in [0, 0.1) is 0 Å². The van der Waals surface area contributed by atoms with E-state index in [0.29, 0.717) is 24.0 Å². The summed E-state index contributed by atoms with van der Waals surface area (Å²) in [5.74, 6) is 5.83. The molecule has 1 saturated heterocycles. The second-order valence-electron chi connectivity index (χ2n) is 5.22. The number of rotatable bonds is 5. The van der Waals surface area contributed by atoms with Crippen molar-refractivity contribution in [2.75, 3.05) is 25.6 Å². The van der Waals surface area contributed by atoms with Gasteiger partial charge in [-0.1, -0.05) is 6.92 Å². The van der Waals surface area contributed by atoms with Crippen molar-refractivity contribution in [1.29, 1.82) is 0 Å². The summed E-state index contributed by atoms with van der Waals surface area (Å²) in [5.41, 5.74) is 3.95. The first-order chi connectivity index (χ1) is 9.63. The third-order valence-corrected chi connectivity index (χ3v) is 3.82. The monoisotopic (exact) mass is 277 g/mol. The molecule has 0 aliphatic carbocycles. The zero-order chi connectivity index (χ0) is 14.5. The van der Waals surface area contributed by atoms with E-state index in [1.54, 1.807) is 6.07 Å². The van der Waals surface area contributed by atoms with E-state index in [4.69, 9.17) is 5.84 Å². The van der Waals surface area contributed by atoms with E-state index in [-0.39, 0.29) is 5.91 Å². The van der Waals surface area contributed by atoms with Crippen LogP contribution in [-0.2, 0) is 6.42 Å². The van der Waals surface area contributed by atoms with Gasteiger partial charge in [0.05, 0.1) is 0 Å². The maximum absolute atomic E-state index is 12.2. The molecule has 1 aliphatic rings. The fourth-order valence-electron chi connectivity index (χ4n) is 2.52. The normalized spacial score (nSPS) is 19.1. The Bertz CT molecular complexity index is 454. The number of nitrogen functional groups attached to an aromatic ring is 1. The Balaban J connectivity index is 2.01. The van der Waals surface area contributed by atoms with E-state index in [1.165, 1.54) is 6.42 Å². The standard InChI is InChI=1S/C14H23N5O/c1-3-11-7-10(8-13(17-11)18-15)14(20)16-9-12-5-4-6-19(12)2/h7-8,12H,3-6,9,15H2,1-2H3,(H,16,20)(H,17,18). The molecule has 6 heteroatoms. The van der Waals surface area contributed by atoms with Crippen LogP contribution >= 0.6 is 0 Å². The first-order valence-electron chi connectivity index (χ1n) is 7.10. The Kier molecular flexibility index (Phi) is 4.92. The number of nitrogens with two attached hydrogens (primary N) is 1. The van der Waals surface area contributed by atoms with Crippen LogP contribution in [0.5, 0.6) is 0 Å². The molecule has 2 rings (SSSR count). The van der Waals surface area contributed by atoms with Crippen LogP contribution in [-0.4, -0.2) is 42.0 Å². The Labute approximate surface area is 119 Å². The molecule has 0 aromatic carbocycles. The molecule has 20 heavy (non-hydrogen) atoms. The highest BCUT2D eigenvalue weighted by Crippen LogP contribution is 2.14. The first kappa shape index (κ1) is 14.7. The summed E-state index contributed by atoms with van der Waals surface area (Å²) in [6.07, 6.45) is 3.11. The van der Waals surface area contributed by atoms with Gasteiger partial charge in [-0.25, -0.2) is 10.8 Å². The number of amides is 1. The Morgan fingerprint density at radius 1 is 1.55 bits per heavy atom. The van der Waals surface area contributed by atoms with Crippen LogP contribution in [0.15, 0.2) is 12.1 Å². The smallest absolute Gasteiger partial charge is 0.251 e. The fourth-order valence-corrected chi connectivity index (χ4v) is 2.52. The molecule has 1 amide bonds. The van der Waals surface area contributed by atoms with E-state index >= 15 is 0 Å². The number of hydrogen-bond acceptors (Lipinski definition) is 5. The maximum atomic E-state index is 12.2. The average molecular weight is 277 g/mol. The highest BCUT2D eigenvalue weighted by Gasteiger charge is 2.21. The van der Waals surface area contributed by atoms with Crippen molar-refractivity contribution in [2.45, 2.75) is 32.2 Å². The van der Waals surface area contributed by atoms with Crippen LogP contribution in [0.1, 0.15) is 35.8 Å². The van der Waals surface area contributed by atoms with Crippen molar-refractivity contribution in [3.05, 3.63) is 23.4 Å². The average Bonchev–Trinajstić information content (AvgIpc) is 2.89. The van der Waals surface area contributed by atoms with Crippen LogP contribution in [0.3, 0.4) is 0 Å². The first-order valence-corrected chi connectivity index (χ1v) is 7.10. The van der Waals surface area contributed by atoms with Gasteiger partial charge in [0.1, 0.15) is 5.82 Å². The molecule has 1 aliphatic heterocycles. The number of nitrogens with zero attached hydrogens (tertiary/aromatic N) is 2. The summed E-state index contributed by atoms with van der Waals surface area (Å²) in [6, 6.07) is 3.93. The van der Waals surface area contributed by atoms with Gasteiger partial charge in [0.2, 0.25) is 0 Å². The van der Waals surface area contributed by atoms with Crippen LogP contribution in [0.2, 0.25) is 0 Å². The molecule has 1 atom stereocenters. The van der Waals surface area contributed by atoms with Crippen LogP contribution in [0.25, 0.3) is 0 Å². The van der Waals surface area contributed by atoms with Gasteiger partial charge in [-0.2, -0.15) is 0 Å². The minimum Gasteiger partial charge on any atom is -0.350 e. The van der Waals surface area contributed by atoms with Crippen LogP contribution < -0.4 is 16.6 Å². The molecule has 0 saturated carbocycles. The van der Waals surface area contributed by atoms with Gasteiger partial charge in [-0.3, -0.25) is 4.79 Å². The highest BCUT2D eigenvalue weighted by atomic mass is 16.1. The number of nitrogens with one attached hydrogen (secondary N) is 2. The van der Waals surface area contributed by atoms with Gasteiger partial charge in [0.15, 0.2) is 0 Å². The lowest BCUT2D eigenvalue weighted by molar-refractivity contribution is 0.0943. The highest BCUT2D eigenvalue weighted by molar-refractivity contribution is 5.95. The van der Waals surface area contributed by atoms with Crippen molar-refractivity contribution in [3.63, 3.8) is 0 Å². The quantitative estimate of drug-likeness (QED) is 0.546. The summed E-state index contributed by atoms with van der Waals surface area (Å²) >= 11 is 0. The topological polar surface area (TPSA) is 83.3 Å². The predicted octanol–water partition coefficient (Wildman–Crippen LogP) is 0.754. The number of aryl methyl sites for hydroxylation is 1. The van der Waals surface area contributed by atoms with Crippen LogP contribution in [0.4, 0.5) is 5.82 Å². The Morgan fingerprint density at radius 2 is 2.35 bits per heavy atom. The lowest BCUT2D eigenvalue weighted by atomic mass is 10.1. The molecule has 0 spiro atoms. The van der Waals surface area contributed by atoms with Crippen molar-refractivity contribution < 1.29 is 4.79 Å². The zero-order valence-electron chi connectivity index (χ0n) is 12.1. The molecule has 1 aromatic rings. The van der Waals surface area contributed by atoms with Crippen molar-refractivity contribution in [1.82, 2.24) is 15.2 Å². The molecule has 1 aromatic heterocycles. The molecule has 110 valence electrons. The van der Waals surface area contributed by atoms with E-state index in [2.05, 4.69) is 27.7 Å². The largest absolute Gasteiger partial charge is 0.350 e. The molecular weight excluding hydrogens is 254 g/mol. The minimum absolute atomic E-state index is 0.0705. The number of likely N-dealkylation sites (tertiary alicyclic amines) is 1. The summed E-state index contributed by atoms with van der Waals surface area (Å²) in [4.78, 5) is 18.8. The molecule has 0 bridgehead atoms. The maximum Gasteiger partial charge on any atom is 0.251 e. The van der Waals surface area contributed by atoms with Gasteiger partial charge in [-0.15, -0.1) is 0 Å². The second-order valence-corrected chi connectivity index (χ2v) is 5.22. The molecule has 0 radical (unpaired) electrons. The SMILES string of the molecule is CCc1cc(C(=O)NCC2CCCN2C)cc(NN)n1. The van der Waals surface area contributed by atoms with E-state index in [0.717, 1.165) is 25.1 Å². The van der Waals surface area contributed by atoms with Gasteiger partial charge in [0, 0.05) is 23.8 Å². The second kappa shape index (κ2) is 6.67. The van der Waals surface area contributed by atoms with E-state index < -0.39 is 0 Å². The van der Waals surface area contributed by atoms with Crippen molar-refractivity contribution in [3.8, 4) is 0 Å². The number of pyridine rings is 1. The Morgan fingerprint density at radius 3 is 2.95 bits per heavy atom. The fraction of sp³-hybridized carbons (Fsp3) is 0.571. The number of anilines is 1. The number of hydrazine groups is 1. The summed E-state index contributed by atoms with van der Waals surface area (Å²) in [7, 11) is 2.10. The predicted molar refractivity (Wildman–Crippen MR) is 79.4 cm³/mol. The summed E-state index contributed by atoms with van der Waals surface area (Å²) < 4.78 is 0.